The number of hydrogen-bond acceptors (Lipinski definition) is 2. The highest BCUT2D eigenvalue weighted by Crippen LogP contribution is 2.36. The molecule has 5 heteroatoms. The van der Waals surface area contributed by atoms with E-state index in [1.54, 1.807) is 12.1 Å². The van der Waals surface area contributed by atoms with Gasteiger partial charge in [0.2, 0.25) is 0 Å². The number of urea groups is 1. The third-order valence-corrected chi connectivity index (χ3v) is 4.95. The maximum absolute atomic E-state index is 13.3. The molecule has 118 valence electrons. The Morgan fingerprint density at radius 2 is 2.00 bits per heavy atom. The van der Waals surface area contributed by atoms with Crippen LogP contribution >= 0.6 is 0 Å². The van der Waals surface area contributed by atoms with Gasteiger partial charge in [-0.05, 0) is 43.4 Å². The van der Waals surface area contributed by atoms with E-state index >= 15 is 0 Å². The predicted molar refractivity (Wildman–Crippen MR) is 80.5 cm³/mol. The summed E-state index contributed by atoms with van der Waals surface area (Å²) < 4.78 is 13.3. The van der Waals surface area contributed by atoms with Gasteiger partial charge in [-0.1, -0.05) is 31.4 Å². The summed E-state index contributed by atoms with van der Waals surface area (Å²) in [5.74, 6) is -0.358. The minimum atomic E-state index is -0.815. The number of nitrogens with zero attached hydrogens (tertiary/aromatic N) is 1. The highest BCUT2D eigenvalue weighted by molar-refractivity contribution is 6.06. The standard InChI is InChI=1S/C17H21FN2O2/c1-17(13-7-3-2-4-8-13)15(21)20(16(22)19-17)11-12-6-5-9-14(18)10-12/h5-6,9-10,13H,2-4,7-8,11H2,1H3,(H,19,22)/t17-/m1/s1. The molecule has 0 bridgehead atoms. The number of carbonyl (C=O) groups excluding carboxylic acids is 2. The van der Waals surface area contributed by atoms with E-state index < -0.39 is 5.54 Å². The van der Waals surface area contributed by atoms with Crippen molar-refractivity contribution in [2.45, 2.75) is 51.1 Å². The monoisotopic (exact) mass is 304 g/mol. The van der Waals surface area contributed by atoms with Gasteiger partial charge in [-0.2, -0.15) is 0 Å². The second-order valence-corrected chi connectivity index (χ2v) is 6.49. The zero-order chi connectivity index (χ0) is 15.7. The van der Waals surface area contributed by atoms with Crippen LogP contribution in [-0.4, -0.2) is 22.4 Å². The van der Waals surface area contributed by atoms with E-state index in [1.165, 1.54) is 23.5 Å². The molecule has 1 aliphatic heterocycles. The smallest absolute Gasteiger partial charge is 0.323 e. The van der Waals surface area contributed by atoms with Crippen molar-refractivity contribution in [2.75, 3.05) is 0 Å². The van der Waals surface area contributed by atoms with Crippen molar-refractivity contribution in [2.24, 2.45) is 5.92 Å². The zero-order valence-electron chi connectivity index (χ0n) is 12.8. The van der Waals surface area contributed by atoms with Crippen LogP contribution in [0.4, 0.5) is 9.18 Å². The summed E-state index contributed by atoms with van der Waals surface area (Å²) in [5.41, 5.74) is -0.193. The molecule has 0 radical (unpaired) electrons. The largest absolute Gasteiger partial charge is 0.325 e. The number of nitrogens with one attached hydrogen (secondary N) is 1. The number of imide groups is 1. The third-order valence-electron chi connectivity index (χ3n) is 4.95. The highest BCUT2D eigenvalue weighted by Gasteiger charge is 2.52. The number of carbonyl (C=O) groups is 2. The summed E-state index contributed by atoms with van der Waals surface area (Å²) in [6.07, 6.45) is 5.34. The maximum Gasteiger partial charge on any atom is 0.325 e. The fraction of sp³-hybridized carbons (Fsp3) is 0.529. The van der Waals surface area contributed by atoms with Crippen LogP contribution in [0.25, 0.3) is 0 Å². The quantitative estimate of drug-likeness (QED) is 0.872. The van der Waals surface area contributed by atoms with Crippen LogP contribution in [0.3, 0.4) is 0 Å². The number of halogens is 1. The summed E-state index contributed by atoms with van der Waals surface area (Å²) in [6.45, 7) is 1.94. The molecule has 0 spiro atoms. The van der Waals surface area contributed by atoms with Gasteiger partial charge in [-0.25, -0.2) is 9.18 Å². The van der Waals surface area contributed by atoms with Gasteiger partial charge in [0.05, 0.1) is 6.54 Å². The van der Waals surface area contributed by atoms with Crippen LogP contribution in [0.2, 0.25) is 0 Å². The minimum Gasteiger partial charge on any atom is -0.323 e. The Morgan fingerprint density at radius 3 is 2.68 bits per heavy atom. The minimum absolute atomic E-state index is 0.116. The number of benzene rings is 1. The second-order valence-electron chi connectivity index (χ2n) is 6.49. The van der Waals surface area contributed by atoms with E-state index in [-0.39, 0.29) is 30.2 Å². The van der Waals surface area contributed by atoms with Gasteiger partial charge in [0.1, 0.15) is 11.4 Å². The lowest BCUT2D eigenvalue weighted by atomic mass is 9.75. The molecule has 3 amide bonds. The van der Waals surface area contributed by atoms with Crippen molar-refractivity contribution in [3.63, 3.8) is 0 Å². The molecule has 0 unspecified atom stereocenters. The predicted octanol–water partition coefficient (Wildman–Crippen LogP) is 3.22. The molecule has 1 saturated heterocycles. The fourth-order valence-corrected chi connectivity index (χ4v) is 3.63. The molecule has 2 fully saturated rings. The topological polar surface area (TPSA) is 49.4 Å². The van der Waals surface area contributed by atoms with Gasteiger partial charge in [0, 0.05) is 0 Å². The van der Waals surface area contributed by atoms with Crippen LogP contribution in [-0.2, 0) is 11.3 Å². The average Bonchev–Trinajstić information content (AvgIpc) is 2.73. The van der Waals surface area contributed by atoms with E-state index in [0.29, 0.717) is 5.56 Å². The fourth-order valence-electron chi connectivity index (χ4n) is 3.63. The molecule has 0 aromatic heterocycles. The Bertz CT molecular complexity index is 598. The molecule has 3 rings (SSSR count). The maximum atomic E-state index is 13.3. The summed E-state index contributed by atoms with van der Waals surface area (Å²) in [6, 6.07) is 5.64. The second kappa shape index (κ2) is 5.71. The van der Waals surface area contributed by atoms with E-state index in [2.05, 4.69) is 5.32 Å². The van der Waals surface area contributed by atoms with Crippen LogP contribution in [0.15, 0.2) is 24.3 Å². The van der Waals surface area contributed by atoms with Gasteiger partial charge in [0.15, 0.2) is 0 Å². The summed E-state index contributed by atoms with van der Waals surface area (Å²) >= 11 is 0. The Kier molecular flexibility index (Phi) is 3.89. The molecule has 1 atom stereocenters. The molecule has 1 heterocycles. The summed E-state index contributed by atoms with van der Waals surface area (Å²) in [5, 5.41) is 2.88. The van der Waals surface area contributed by atoms with Crippen molar-refractivity contribution < 1.29 is 14.0 Å². The van der Waals surface area contributed by atoms with Crippen LogP contribution in [0.1, 0.15) is 44.6 Å². The van der Waals surface area contributed by atoms with Crippen LogP contribution in [0.5, 0.6) is 0 Å². The van der Waals surface area contributed by atoms with Crippen LogP contribution in [0, 0.1) is 11.7 Å². The highest BCUT2D eigenvalue weighted by atomic mass is 19.1. The van der Waals surface area contributed by atoms with Crippen LogP contribution < -0.4 is 5.32 Å². The number of hydrogen-bond donors (Lipinski definition) is 1. The first-order chi connectivity index (χ1) is 10.5. The van der Waals surface area contributed by atoms with E-state index in [1.807, 2.05) is 6.92 Å². The summed E-state index contributed by atoms with van der Waals surface area (Å²) in [4.78, 5) is 26.2. The SMILES string of the molecule is C[C@]1(C2CCCCC2)NC(=O)N(Cc2cccc(F)c2)C1=O. The lowest BCUT2D eigenvalue weighted by Crippen LogP contribution is -2.51. The molecule has 1 N–H and O–H groups in total. The Labute approximate surface area is 129 Å². The average molecular weight is 304 g/mol. The molecular formula is C17H21FN2O2. The number of amides is 3. The van der Waals surface area contributed by atoms with E-state index in [4.69, 9.17) is 0 Å². The third kappa shape index (κ3) is 2.60. The molecule has 4 nitrogen and oxygen atoms in total. The van der Waals surface area contributed by atoms with Gasteiger partial charge >= 0.3 is 6.03 Å². The van der Waals surface area contributed by atoms with Gasteiger partial charge in [-0.15, -0.1) is 0 Å². The van der Waals surface area contributed by atoms with Gasteiger partial charge < -0.3 is 5.32 Å². The zero-order valence-corrected chi connectivity index (χ0v) is 12.8. The normalized spacial score (nSPS) is 26.4. The lowest BCUT2D eigenvalue weighted by Gasteiger charge is -2.34. The van der Waals surface area contributed by atoms with Crippen molar-refractivity contribution in [3.8, 4) is 0 Å². The van der Waals surface area contributed by atoms with E-state index in [0.717, 1.165) is 25.7 Å². The van der Waals surface area contributed by atoms with E-state index in [9.17, 15) is 14.0 Å². The summed E-state index contributed by atoms with van der Waals surface area (Å²) in [7, 11) is 0. The van der Waals surface area contributed by atoms with Crippen molar-refractivity contribution in [1.29, 1.82) is 0 Å². The molecule has 1 aliphatic carbocycles. The number of rotatable bonds is 3. The van der Waals surface area contributed by atoms with Crippen molar-refractivity contribution >= 4 is 11.9 Å². The Balaban J connectivity index is 1.79. The molecule has 1 aromatic carbocycles. The lowest BCUT2D eigenvalue weighted by molar-refractivity contribution is -0.133. The molecule has 1 saturated carbocycles. The molecule has 1 aromatic rings. The molecule has 2 aliphatic rings. The first-order valence-corrected chi connectivity index (χ1v) is 7.89. The van der Waals surface area contributed by atoms with Crippen molar-refractivity contribution in [1.82, 2.24) is 10.2 Å². The first-order valence-electron chi connectivity index (χ1n) is 7.89. The first kappa shape index (κ1) is 15.0. The van der Waals surface area contributed by atoms with Gasteiger partial charge in [-0.3, -0.25) is 9.69 Å². The Morgan fingerprint density at radius 1 is 1.27 bits per heavy atom. The van der Waals surface area contributed by atoms with Crippen molar-refractivity contribution in [3.05, 3.63) is 35.6 Å². The molecular weight excluding hydrogens is 283 g/mol. The van der Waals surface area contributed by atoms with Gasteiger partial charge in [0.25, 0.3) is 5.91 Å². The molecule has 22 heavy (non-hydrogen) atoms. The Hall–Kier alpha value is -1.91.